The number of carboxylic acid groups (broad SMARTS) is 1. The van der Waals surface area contributed by atoms with Crippen LogP contribution in [-0.2, 0) is 4.79 Å². The van der Waals surface area contributed by atoms with E-state index in [-0.39, 0.29) is 24.1 Å². The third-order valence-corrected chi connectivity index (χ3v) is 6.69. The third-order valence-electron chi connectivity index (χ3n) is 6.69. The van der Waals surface area contributed by atoms with Crippen LogP contribution in [0.4, 0.5) is 4.39 Å². The standard InChI is InChI=1S/C25H30FNO4/c1-30-19-8-9-23(26)21(12-19)17-4-2-16(3-5-17)15-31-20-10-11-27-24(13-20)22(14-25(28)29)18-6-7-18/h8-13,16-18,22H,2-7,14-15H2,1H3,(H,28,29)/t16-,17-,22?. The summed E-state index contributed by atoms with van der Waals surface area (Å²) in [5.74, 6) is 1.55. The summed E-state index contributed by atoms with van der Waals surface area (Å²) in [6.07, 6.45) is 7.82. The van der Waals surface area contributed by atoms with Crippen molar-refractivity contribution >= 4 is 5.97 Å². The summed E-state index contributed by atoms with van der Waals surface area (Å²) >= 11 is 0. The van der Waals surface area contributed by atoms with E-state index in [0.717, 1.165) is 55.5 Å². The molecule has 1 atom stereocenters. The Morgan fingerprint density at radius 3 is 2.58 bits per heavy atom. The molecular weight excluding hydrogens is 397 g/mol. The summed E-state index contributed by atoms with van der Waals surface area (Å²) in [4.78, 5) is 15.7. The van der Waals surface area contributed by atoms with Crippen molar-refractivity contribution in [3.8, 4) is 11.5 Å². The SMILES string of the molecule is COc1ccc(F)c([C@H]2CC[C@H](COc3ccnc(C(CC(=O)O)C4CC4)c3)CC2)c1. The molecule has 2 fully saturated rings. The minimum absolute atomic E-state index is 0.0331. The van der Waals surface area contributed by atoms with Crippen LogP contribution in [0, 0.1) is 17.7 Å². The lowest BCUT2D eigenvalue weighted by atomic mass is 9.79. The lowest BCUT2D eigenvalue weighted by Crippen LogP contribution is -2.20. The number of carbonyl (C=O) groups is 1. The number of aliphatic carboxylic acids is 1. The van der Waals surface area contributed by atoms with Gasteiger partial charge in [0, 0.05) is 23.9 Å². The van der Waals surface area contributed by atoms with Crippen LogP contribution in [-0.4, -0.2) is 29.8 Å². The lowest BCUT2D eigenvalue weighted by Gasteiger charge is -2.29. The molecule has 4 rings (SSSR count). The molecule has 0 amide bonds. The molecule has 0 radical (unpaired) electrons. The molecule has 0 bridgehead atoms. The number of aromatic nitrogens is 1. The monoisotopic (exact) mass is 427 g/mol. The molecule has 1 unspecified atom stereocenters. The summed E-state index contributed by atoms with van der Waals surface area (Å²) in [6, 6.07) is 8.71. The molecule has 6 heteroatoms. The minimum Gasteiger partial charge on any atom is -0.497 e. The number of hydrogen-bond acceptors (Lipinski definition) is 4. The smallest absolute Gasteiger partial charge is 0.304 e. The van der Waals surface area contributed by atoms with Crippen molar-refractivity contribution in [3.05, 3.63) is 53.6 Å². The fraction of sp³-hybridized carbons (Fsp3) is 0.520. The lowest BCUT2D eigenvalue weighted by molar-refractivity contribution is -0.137. The van der Waals surface area contributed by atoms with E-state index in [4.69, 9.17) is 9.47 Å². The number of pyridine rings is 1. The molecule has 31 heavy (non-hydrogen) atoms. The Kier molecular flexibility index (Phi) is 6.73. The van der Waals surface area contributed by atoms with E-state index in [9.17, 15) is 14.3 Å². The molecular formula is C25H30FNO4. The van der Waals surface area contributed by atoms with Gasteiger partial charge >= 0.3 is 5.97 Å². The van der Waals surface area contributed by atoms with Crippen molar-refractivity contribution in [1.29, 1.82) is 0 Å². The molecule has 2 aliphatic carbocycles. The first-order valence-electron chi connectivity index (χ1n) is 11.2. The van der Waals surface area contributed by atoms with E-state index in [1.165, 1.54) is 6.07 Å². The van der Waals surface area contributed by atoms with Gasteiger partial charge in [-0.15, -0.1) is 0 Å². The molecule has 0 spiro atoms. The Bertz CT molecular complexity index is 906. The Labute approximate surface area is 182 Å². The van der Waals surface area contributed by atoms with Crippen LogP contribution in [0.3, 0.4) is 0 Å². The number of ether oxygens (including phenoxy) is 2. The molecule has 1 N–H and O–H groups in total. The van der Waals surface area contributed by atoms with Crippen molar-refractivity contribution in [2.24, 2.45) is 11.8 Å². The quantitative estimate of drug-likeness (QED) is 0.568. The van der Waals surface area contributed by atoms with Crippen LogP contribution >= 0.6 is 0 Å². The van der Waals surface area contributed by atoms with E-state index in [0.29, 0.717) is 24.2 Å². The van der Waals surface area contributed by atoms with Crippen molar-refractivity contribution in [1.82, 2.24) is 4.98 Å². The second-order valence-electron chi connectivity index (χ2n) is 8.87. The Balaban J connectivity index is 1.31. The molecule has 0 aliphatic heterocycles. The van der Waals surface area contributed by atoms with Gasteiger partial charge in [0.05, 0.1) is 20.1 Å². The molecule has 0 saturated heterocycles. The first kappa shape index (κ1) is 21.6. The highest BCUT2D eigenvalue weighted by Crippen LogP contribution is 2.44. The van der Waals surface area contributed by atoms with Gasteiger partial charge in [0.25, 0.3) is 0 Å². The molecule has 2 aliphatic rings. The van der Waals surface area contributed by atoms with Gasteiger partial charge in [0.2, 0.25) is 0 Å². The van der Waals surface area contributed by atoms with E-state index >= 15 is 0 Å². The van der Waals surface area contributed by atoms with E-state index in [1.54, 1.807) is 19.4 Å². The number of nitrogens with zero attached hydrogens (tertiary/aromatic N) is 1. The van der Waals surface area contributed by atoms with Crippen molar-refractivity contribution < 1.29 is 23.8 Å². The highest BCUT2D eigenvalue weighted by atomic mass is 19.1. The molecule has 1 heterocycles. The average molecular weight is 428 g/mol. The fourth-order valence-corrected chi connectivity index (χ4v) is 4.74. The minimum atomic E-state index is -0.783. The maximum absolute atomic E-state index is 14.3. The first-order valence-corrected chi connectivity index (χ1v) is 11.2. The van der Waals surface area contributed by atoms with E-state index < -0.39 is 5.97 Å². The van der Waals surface area contributed by atoms with Gasteiger partial charge in [-0.1, -0.05) is 0 Å². The van der Waals surface area contributed by atoms with Crippen molar-refractivity contribution in [2.45, 2.75) is 56.8 Å². The number of rotatable bonds is 9. The van der Waals surface area contributed by atoms with Gasteiger partial charge in [-0.2, -0.15) is 0 Å². The van der Waals surface area contributed by atoms with Gasteiger partial charge in [-0.05, 0) is 86.1 Å². The largest absolute Gasteiger partial charge is 0.497 e. The predicted octanol–water partition coefficient (Wildman–Crippen LogP) is 5.55. The highest BCUT2D eigenvalue weighted by Gasteiger charge is 2.35. The van der Waals surface area contributed by atoms with Gasteiger partial charge in [0.1, 0.15) is 17.3 Å². The molecule has 1 aromatic carbocycles. The van der Waals surface area contributed by atoms with E-state index in [1.807, 2.05) is 18.2 Å². The third kappa shape index (κ3) is 5.54. The van der Waals surface area contributed by atoms with Crippen LogP contribution in [0.1, 0.15) is 68.0 Å². The second kappa shape index (κ2) is 9.67. The van der Waals surface area contributed by atoms with Crippen LogP contribution in [0.15, 0.2) is 36.5 Å². The van der Waals surface area contributed by atoms with Gasteiger partial charge in [-0.3, -0.25) is 9.78 Å². The molecule has 2 aromatic rings. The molecule has 2 saturated carbocycles. The van der Waals surface area contributed by atoms with Crippen LogP contribution in [0.25, 0.3) is 0 Å². The fourth-order valence-electron chi connectivity index (χ4n) is 4.74. The summed E-state index contributed by atoms with van der Waals surface area (Å²) in [5, 5.41) is 9.23. The predicted molar refractivity (Wildman–Crippen MR) is 115 cm³/mol. The summed E-state index contributed by atoms with van der Waals surface area (Å²) in [6.45, 7) is 0.615. The Morgan fingerprint density at radius 1 is 1.13 bits per heavy atom. The molecule has 1 aromatic heterocycles. The average Bonchev–Trinajstić information content (AvgIpc) is 3.62. The Hall–Kier alpha value is -2.63. The maximum Gasteiger partial charge on any atom is 0.304 e. The number of carboxylic acids is 1. The molecule has 5 nitrogen and oxygen atoms in total. The molecule has 166 valence electrons. The first-order chi connectivity index (χ1) is 15.0. The zero-order valence-corrected chi connectivity index (χ0v) is 17.9. The van der Waals surface area contributed by atoms with Gasteiger partial charge in [0.15, 0.2) is 0 Å². The Morgan fingerprint density at radius 2 is 1.90 bits per heavy atom. The van der Waals surface area contributed by atoms with Crippen LogP contribution < -0.4 is 9.47 Å². The van der Waals surface area contributed by atoms with Crippen molar-refractivity contribution in [2.75, 3.05) is 13.7 Å². The summed E-state index contributed by atoms with van der Waals surface area (Å²) < 4.78 is 25.6. The summed E-state index contributed by atoms with van der Waals surface area (Å²) in [7, 11) is 1.60. The maximum atomic E-state index is 14.3. The topological polar surface area (TPSA) is 68.7 Å². The van der Waals surface area contributed by atoms with Crippen LogP contribution in [0.5, 0.6) is 11.5 Å². The summed E-state index contributed by atoms with van der Waals surface area (Å²) in [5.41, 5.74) is 1.57. The van der Waals surface area contributed by atoms with E-state index in [2.05, 4.69) is 4.98 Å². The number of hydrogen-bond donors (Lipinski definition) is 1. The normalized spacial score (nSPS) is 22.0. The van der Waals surface area contributed by atoms with Gasteiger partial charge < -0.3 is 14.6 Å². The number of methoxy groups -OCH3 is 1. The van der Waals surface area contributed by atoms with Crippen molar-refractivity contribution in [3.63, 3.8) is 0 Å². The number of halogens is 1. The second-order valence-corrected chi connectivity index (χ2v) is 8.87. The zero-order valence-electron chi connectivity index (χ0n) is 17.9. The van der Waals surface area contributed by atoms with Crippen LogP contribution in [0.2, 0.25) is 0 Å². The highest BCUT2D eigenvalue weighted by molar-refractivity contribution is 5.68. The number of benzene rings is 1. The zero-order chi connectivity index (χ0) is 21.8. The van der Waals surface area contributed by atoms with Gasteiger partial charge in [-0.25, -0.2) is 4.39 Å².